The van der Waals surface area contributed by atoms with Gasteiger partial charge in [-0.05, 0) is 25.1 Å². The molecule has 1 unspecified atom stereocenters. The van der Waals surface area contributed by atoms with Gasteiger partial charge in [0.2, 0.25) is 0 Å². The number of fused-ring (bicyclic) bond motifs is 1. The zero-order valence-corrected chi connectivity index (χ0v) is 12.3. The second kappa shape index (κ2) is 6.35. The molecule has 0 radical (unpaired) electrons. The van der Waals surface area contributed by atoms with Crippen LogP contribution in [0, 0.1) is 5.82 Å². The summed E-state index contributed by atoms with van der Waals surface area (Å²) in [5.41, 5.74) is 4.08. The molecule has 1 N–H and O–H groups in total. The van der Waals surface area contributed by atoms with Crippen molar-refractivity contribution in [1.82, 2.24) is 20.4 Å². The third kappa shape index (κ3) is 3.23. The van der Waals surface area contributed by atoms with E-state index in [0.29, 0.717) is 16.6 Å². The molecule has 3 rings (SSSR count). The van der Waals surface area contributed by atoms with E-state index in [2.05, 4.69) is 20.7 Å². The van der Waals surface area contributed by atoms with Crippen molar-refractivity contribution >= 4 is 23.2 Å². The van der Waals surface area contributed by atoms with Gasteiger partial charge < -0.3 is 0 Å². The predicted octanol–water partition coefficient (Wildman–Crippen LogP) is 2.28. The summed E-state index contributed by atoms with van der Waals surface area (Å²) in [7, 11) is 0. The number of hydrazone groups is 1. The Morgan fingerprint density at radius 2 is 1.78 bits per heavy atom. The van der Waals surface area contributed by atoms with Crippen molar-refractivity contribution < 1.29 is 9.18 Å². The average molecular weight is 311 g/mol. The van der Waals surface area contributed by atoms with Crippen molar-refractivity contribution in [2.75, 3.05) is 0 Å². The molecule has 116 valence electrons. The molecule has 1 aromatic heterocycles. The maximum atomic E-state index is 13.4. The van der Waals surface area contributed by atoms with Gasteiger partial charge in [-0.1, -0.05) is 30.3 Å². The molecule has 0 spiro atoms. The zero-order valence-electron chi connectivity index (χ0n) is 12.3. The highest BCUT2D eigenvalue weighted by Gasteiger charge is 2.17. The van der Waals surface area contributed by atoms with Crippen LogP contribution in [0.2, 0.25) is 0 Å². The van der Waals surface area contributed by atoms with Crippen LogP contribution in [-0.2, 0) is 4.79 Å². The molecule has 3 aromatic rings. The molecule has 0 saturated heterocycles. The number of nitrogens with one attached hydrogen (secondary N) is 1. The van der Waals surface area contributed by atoms with Gasteiger partial charge in [0.05, 0.1) is 6.21 Å². The SMILES string of the molecule is CC(C(=O)NN=Cc1ccccc1F)n1nc2ccccc2n1. The second-order valence-corrected chi connectivity index (χ2v) is 4.94. The highest BCUT2D eigenvalue weighted by atomic mass is 19.1. The van der Waals surface area contributed by atoms with Crippen molar-refractivity contribution in [1.29, 1.82) is 0 Å². The van der Waals surface area contributed by atoms with Crippen LogP contribution < -0.4 is 5.43 Å². The molecule has 23 heavy (non-hydrogen) atoms. The molecule has 7 heteroatoms. The summed E-state index contributed by atoms with van der Waals surface area (Å²) in [6, 6.07) is 12.9. The number of amides is 1. The Morgan fingerprint density at radius 1 is 1.17 bits per heavy atom. The summed E-state index contributed by atoms with van der Waals surface area (Å²) >= 11 is 0. The van der Waals surface area contributed by atoms with E-state index in [1.54, 1.807) is 25.1 Å². The summed E-state index contributed by atoms with van der Waals surface area (Å²) in [4.78, 5) is 13.4. The molecule has 0 fully saturated rings. The monoisotopic (exact) mass is 311 g/mol. The Bertz CT molecular complexity index is 841. The van der Waals surface area contributed by atoms with Gasteiger partial charge in [0.25, 0.3) is 5.91 Å². The first kappa shape index (κ1) is 14.8. The van der Waals surface area contributed by atoms with Gasteiger partial charge in [0.15, 0.2) is 0 Å². The van der Waals surface area contributed by atoms with E-state index in [-0.39, 0.29) is 0 Å². The number of nitrogens with zero attached hydrogens (tertiary/aromatic N) is 4. The van der Waals surface area contributed by atoms with Crippen molar-refractivity contribution in [2.24, 2.45) is 5.10 Å². The average Bonchev–Trinajstić information content (AvgIpc) is 2.99. The maximum Gasteiger partial charge on any atom is 0.266 e. The molecule has 6 nitrogen and oxygen atoms in total. The standard InChI is InChI=1S/C16H14FN5O/c1-11(22-20-14-8-4-5-9-15(14)21-22)16(23)19-18-10-12-6-2-3-7-13(12)17/h2-11H,1H3,(H,19,23). The summed E-state index contributed by atoms with van der Waals surface area (Å²) < 4.78 is 13.4. The van der Waals surface area contributed by atoms with Crippen LogP contribution in [-0.4, -0.2) is 27.1 Å². The van der Waals surface area contributed by atoms with Crippen LogP contribution in [0.5, 0.6) is 0 Å². The van der Waals surface area contributed by atoms with Crippen LogP contribution in [0.3, 0.4) is 0 Å². The maximum absolute atomic E-state index is 13.4. The first-order valence-corrected chi connectivity index (χ1v) is 7.04. The lowest BCUT2D eigenvalue weighted by atomic mass is 10.2. The van der Waals surface area contributed by atoms with Crippen LogP contribution in [0.25, 0.3) is 11.0 Å². The highest BCUT2D eigenvalue weighted by Crippen LogP contribution is 2.11. The Morgan fingerprint density at radius 3 is 2.43 bits per heavy atom. The Labute approximate surface area is 131 Å². The van der Waals surface area contributed by atoms with E-state index in [1.165, 1.54) is 17.1 Å². The van der Waals surface area contributed by atoms with Gasteiger partial charge in [-0.2, -0.15) is 20.1 Å². The third-order valence-corrected chi connectivity index (χ3v) is 3.31. The minimum atomic E-state index is -0.639. The number of rotatable bonds is 4. The number of carbonyl (C=O) groups is 1. The Balaban J connectivity index is 1.69. The van der Waals surface area contributed by atoms with Gasteiger partial charge in [-0.25, -0.2) is 9.82 Å². The quantitative estimate of drug-likeness (QED) is 0.593. The molecule has 0 saturated carbocycles. The number of benzene rings is 2. The predicted molar refractivity (Wildman–Crippen MR) is 84.4 cm³/mol. The summed E-state index contributed by atoms with van der Waals surface area (Å²) in [5, 5.41) is 12.3. The smallest absolute Gasteiger partial charge is 0.266 e. The number of carbonyl (C=O) groups excluding carboxylic acids is 1. The Hall–Kier alpha value is -3.09. The first-order valence-electron chi connectivity index (χ1n) is 7.04. The molecular weight excluding hydrogens is 297 g/mol. The fourth-order valence-electron chi connectivity index (χ4n) is 1.99. The van der Waals surface area contributed by atoms with E-state index in [1.807, 2.05) is 24.3 Å². The summed E-state index contributed by atoms with van der Waals surface area (Å²) in [6.07, 6.45) is 1.26. The van der Waals surface area contributed by atoms with Gasteiger partial charge in [0, 0.05) is 5.56 Å². The lowest BCUT2D eigenvalue weighted by molar-refractivity contribution is -0.124. The molecule has 0 aliphatic heterocycles. The fraction of sp³-hybridized carbons (Fsp3) is 0.125. The highest BCUT2D eigenvalue weighted by molar-refractivity contribution is 5.84. The molecule has 2 aromatic carbocycles. The lowest BCUT2D eigenvalue weighted by Gasteiger charge is -2.07. The van der Waals surface area contributed by atoms with Crippen molar-refractivity contribution in [3.05, 3.63) is 59.9 Å². The van der Waals surface area contributed by atoms with Crippen LogP contribution in [0.15, 0.2) is 53.6 Å². The minimum absolute atomic E-state index is 0.295. The third-order valence-electron chi connectivity index (χ3n) is 3.31. The normalized spacial score (nSPS) is 12.6. The summed E-state index contributed by atoms with van der Waals surface area (Å²) in [5.74, 6) is -0.795. The van der Waals surface area contributed by atoms with Crippen molar-refractivity contribution in [3.63, 3.8) is 0 Å². The number of halogens is 1. The van der Waals surface area contributed by atoms with Crippen molar-refractivity contribution in [3.8, 4) is 0 Å². The molecule has 0 aliphatic rings. The van der Waals surface area contributed by atoms with E-state index in [4.69, 9.17) is 0 Å². The van der Waals surface area contributed by atoms with Gasteiger partial charge in [0.1, 0.15) is 22.9 Å². The molecule has 1 amide bonds. The number of hydrogen-bond acceptors (Lipinski definition) is 4. The van der Waals surface area contributed by atoms with E-state index in [0.717, 1.165) is 0 Å². The molecule has 1 atom stereocenters. The van der Waals surface area contributed by atoms with Crippen LogP contribution in [0.1, 0.15) is 18.5 Å². The number of hydrogen-bond donors (Lipinski definition) is 1. The van der Waals surface area contributed by atoms with Gasteiger partial charge in [-0.3, -0.25) is 4.79 Å². The van der Waals surface area contributed by atoms with Crippen molar-refractivity contribution in [2.45, 2.75) is 13.0 Å². The topological polar surface area (TPSA) is 72.2 Å². The van der Waals surface area contributed by atoms with E-state index in [9.17, 15) is 9.18 Å². The van der Waals surface area contributed by atoms with Gasteiger partial charge >= 0.3 is 0 Å². The fourth-order valence-corrected chi connectivity index (χ4v) is 1.99. The van der Waals surface area contributed by atoms with E-state index >= 15 is 0 Å². The molecular formula is C16H14FN5O. The molecule has 0 aliphatic carbocycles. The zero-order chi connectivity index (χ0) is 16.2. The summed E-state index contributed by atoms with van der Waals surface area (Å²) in [6.45, 7) is 1.66. The minimum Gasteiger partial charge on any atom is -0.271 e. The lowest BCUT2D eigenvalue weighted by Crippen LogP contribution is -2.28. The number of aromatic nitrogens is 3. The largest absolute Gasteiger partial charge is 0.271 e. The molecule has 1 heterocycles. The van der Waals surface area contributed by atoms with Crippen LogP contribution in [0.4, 0.5) is 4.39 Å². The van der Waals surface area contributed by atoms with Gasteiger partial charge in [-0.15, -0.1) is 0 Å². The second-order valence-electron chi connectivity index (χ2n) is 4.94. The van der Waals surface area contributed by atoms with E-state index < -0.39 is 17.8 Å². The molecule has 0 bridgehead atoms. The first-order chi connectivity index (χ1) is 11.1. The Kier molecular flexibility index (Phi) is 4.09. The van der Waals surface area contributed by atoms with Crippen LogP contribution >= 0.6 is 0 Å².